The van der Waals surface area contributed by atoms with Crippen molar-refractivity contribution in [2.75, 3.05) is 0 Å². The Morgan fingerprint density at radius 1 is 1.29 bits per heavy atom. The molecule has 21 heavy (non-hydrogen) atoms. The molecular formula is C15H15N3OS2. The Bertz CT molecular complexity index is 714. The maximum Gasteiger partial charge on any atom is 0.225 e. The second-order valence-electron chi connectivity index (χ2n) is 4.65. The highest BCUT2D eigenvalue weighted by Gasteiger charge is 2.10. The average molecular weight is 317 g/mol. The largest absolute Gasteiger partial charge is 0.350 e. The summed E-state index contributed by atoms with van der Waals surface area (Å²) in [6.07, 6.45) is 0.438. The Balaban J connectivity index is 1.61. The number of thiophene rings is 2. The van der Waals surface area contributed by atoms with Crippen LogP contribution in [0.2, 0.25) is 0 Å². The first-order valence-electron chi connectivity index (χ1n) is 6.58. The molecule has 4 nitrogen and oxygen atoms in total. The fraction of sp³-hybridized carbons (Fsp3) is 0.200. The van der Waals surface area contributed by atoms with Crippen LogP contribution in [0.15, 0.2) is 41.1 Å². The van der Waals surface area contributed by atoms with E-state index in [2.05, 4.69) is 10.4 Å². The second-order valence-corrected chi connectivity index (χ2v) is 6.63. The minimum Gasteiger partial charge on any atom is -0.350 e. The van der Waals surface area contributed by atoms with Gasteiger partial charge >= 0.3 is 0 Å². The fourth-order valence-corrected chi connectivity index (χ4v) is 3.42. The average Bonchev–Trinajstić information content (AvgIpc) is 3.17. The van der Waals surface area contributed by atoms with Gasteiger partial charge in [-0.25, -0.2) is 0 Å². The molecule has 6 heteroatoms. The molecule has 0 saturated heterocycles. The van der Waals surface area contributed by atoms with E-state index < -0.39 is 0 Å². The molecule has 0 saturated carbocycles. The predicted octanol–water partition coefficient (Wildman–Crippen LogP) is 3.07. The minimum atomic E-state index is 0.0383. The summed E-state index contributed by atoms with van der Waals surface area (Å²) in [6, 6.07) is 10.0. The van der Waals surface area contributed by atoms with Gasteiger partial charge in [0.05, 0.1) is 23.5 Å². The molecule has 1 amide bonds. The molecule has 3 aromatic heterocycles. The van der Waals surface area contributed by atoms with Crippen molar-refractivity contribution in [3.63, 3.8) is 0 Å². The molecule has 3 heterocycles. The summed E-state index contributed by atoms with van der Waals surface area (Å²) < 4.78 is 1.82. The van der Waals surface area contributed by atoms with Gasteiger partial charge in [-0.2, -0.15) is 5.10 Å². The van der Waals surface area contributed by atoms with E-state index in [9.17, 15) is 4.79 Å². The SMILES string of the molecule is Cn1nc(-c2cccs2)cc1CNC(=O)Cc1cccs1. The van der Waals surface area contributed by atoms with Crippen LogP contribution in [-0.4, -0.2) is 15.7 Å². The van der Waals surface area contributed by atoms with Gasteiger partial charge in [0.1, 0.15) is 5.69 Å². The highest BCUT2D eigenvalue weighted by atomic mass is 32.1. The lowest BCUT2D eigenvalue weighted by Crippen LogP contribution is -2.25. The number of aryl methyl sites for hydroxylation is 1. The monoisotopic (exact) mass is 317 g/mol. The number of nitrogens with zero attached hydrogens (tertiary/aromatic N) is 2. The van der Waals surface area contributed by atoms with Crippen LogP contribution in [-0.2, 0) is 24.8 Å². The second kappa shape index (κ2) is 6.24. The van der Waals surface area contributed by atoms with Crippen molar-refractivity contribution in [3.8, 4) is 10.6 Å². The van der Waals surface area contributed by atoms with Crippen LogP contribution < -0.4 is 5.32 Å². The van der Waals surface area contributed by atoms with Crippen molar-refractivity contribution >= 4 is 28.6 Å². The normalized spacial score (nSPS) is 10.7. The standard InChI is InChI=1S/C15H15N3OS2/c1-18-11(8-13(17-18)14-5-3-7-21-14)10-16-15(19)9-12-4-2-6-20-12/h2-8H,9-10H2,1H3,(H,16,19). The molecule has 0 radical (unpaired) electrons. The van der Waals surface area contributed by atoms with Gasteiger partial charge in [0, 0.05) is 11.9 Å². The molecular weight excluding hydrogens is 302 g/mol. The van der Waals surface area contributed by atoms with E-state index in [4.69, 9.17) is 0 Å². The summed E-state index contributed by atoms with van der Waals surface area (Å²) in [5, 5.41) is 11.4. The molecule has 0 fully saturated rings. The van der Waals surface area contributed by atoms with Crippen molar-refractivity contribution in [1.29, 1.82) is 0 Å². The van der Waals surface area contributed by atoms with Gasteiger partial charge in [0.25, 0.3) is 0 Å². The fourth-order valence-electron chi connectivity index (χ4n) is 2.04. The van der Waals surface area contributed by atoms with E-state index in [-0.39, 0.29) is 5.91 Å². The number of aromatic nitrogens is 2. The first-order chi connectivity index (χ1) is 10.2. The Labute approximate surface area is 131 Å². The highest BCUT2D eigenvalue weighted by Crippen LogP contribution is 2.23. The maximum atomic E-state index is 11.9. The van der Waals surface area contributed by atoms with Gasteiger partial charge in [0.2, 0.25) is 5.91 Å². The van der Waals surface area contributed by atoms with Crippen LogP contribution in [0.25, 0.3) is 10.6 Å². The molecule has 0 aromatic carbocycles. The minimum absolute atomic E-state index is 0.0383. The van der Waals surface area contributed by atoms with E-state index in [0.717, 1.165) is 21.1 Å². The van der Waals surface area contributed by atoms with Crippen LogP contribution in [0.4, 0.5) is 0 Å². The lowest BCUT2D eigenvalue weighted by atomic mass is 10.3. The molecule has 0 atom stereocenters. The van der Waals surface area contributed by atoms with Crippen molar-refractivity contribution in [2.45, 2.75) is 13.0 Å². The number of carbonyl (C=O) groups excluding carboxylic acids is 1. The Morgan fingerprint density at radius 3 is 2.81 bits per heavy atom. The van der Waals surface area contributed by atoms with Crippen molar-refractivity contribution in [2.24, 2.45) is 7.05 Å². The molecule has 0 aliphatic carbocycles. The maximum absolute atomic E-state index is 11.9. The van der Waals surface area contributed by atoms with Crippen LogP contribution >= 0.6 is 22.7 Å². The molecule has 1 N–H and O–H groups in total. The number of hydrogen-bond acceptors (Lipinski definition) is 4. The third-order valence-electron chi connectivity index (χ3n) is 3.13. The quantitative estimate of drug-likeness (QED) is 0.786. The molecule has 3 rings (SSSR count). The molecule has 0 unspecified atom stereocenters. The molecule has 108 valence electrons. The van der Waals surface area contributed by atoms with Crippen molar-refractivity contribution < 1.29 is 4.79 Å². The van der Waals surface area contributed by atoms with Crippen LogP contribution in [0.1, 0.15) is 10.6 Å². The molecule has 0 aliphatic heterocycles. The summed E-state index contributed by atoms with van der Waals surface area (Å²) in [6.45, 7) is 0.499. The lowest BCUT2D eigenvalue weighted by Gasteiger charge is -2.04. The molecule has 0 bridgehead atoms. The number of rotatable bonds is 5. The zero-order valence-corrected chi connectivity index (χ0v) is 13.2. The van der Waals surface area contributed by atoms with Gasteiger partial charge in [-0.05, 0) is 29.0 Å². The highest BCUT2D eigenvalue weighted by molar-refractivity contribution is 7.13. The number of carbonyl (C=O) groups is 1. The van der Waals surface area contributed by atoms with Crippen molar-refractivity contribution in [3.05, 3.63) is 51.7 Å². The number of hydrogen-bond donors (Lipinski definition) is 1. The van der Waals surface area contributed by atoms with Gasteiger partial charge < -0.3 is 5.32 Å². The predicted molar refractivity (Wildman–Crippen MR) is 86.4 cm³/mol. The summed E-state index contributed by atoms with van der Waals surface area (Å²) in [4.78, 5) is 14.1. The van der Waals surface area contributed by atoms with Crippen LogP contribution in [0.5, 0.6) is 0 Å². The first-order valence-corrected chi connectivity index (χ1v) is 8.34. The summed E-state index contributed by atoms with van der Waals surface area (Å²) >= 11 is 3.26. The topological polar surface area (TPSA) is 46.9 Å². The smallest absolute Gasteiger partial charge is 0.225 e. The van der Waals surface area contributed by atoms with Gasteiger partial charge in [0.15, 0.2) is 0 Å². The third-order valence-corrected chi connectivity index (χ3v) is 4.90. The van der Waals surface area contributed by atoms with E-state index in [1.165, 1.54) is 0 Å². The molecule has 0 spiro atoms. The van der Waals surface area contributed by atoms with E-state index in [1.807, 2.05) is 52.8 Å². The number of amides is 1. The summed E-state index contributed by atoms with van der Waals surface area (Å²) in [5.74, 6) is 0.0383. The van der Waals surface area contributed by atoms with Crippen molar-refractivity contribution in [1.82, 2.24) is 15.1 Å². The Morgan fingerprint density at radius 2 is 2.10 bits per heavy atom. The summed E-state index contributed by atoms with van der Waals surface area (Å²) in [7, 11) is 1.90. The summed E-state index contributed by atoms with van der Waals surface area (Å²) in [5.41, 5.74) is 1.95. The third kappa shape index (κ3) is 3.40. The van der Waals surface area contributed by atoms with E-state index in [1.54, 1.807) is 22.7 Å². The zero-order valence-electron chi connectivity index (χ0n) is 11.6. The van der Waals surface area contributed by atoms with Gasteiger partial charge in [-0.15, -0.1) is 22.7 Å². The lowest BCUT2D eigenvalue weighted by molar-refractivity contribution is -0.120. The Kier molecular flexibility index (Phi) is 4.17. The van der Waals surface area contributed by atoms with Gasteiger partial charge in [-0.3, -0.25) is 9.48 Å². The van der Waals surface area contributed by atoms with Crippen LogP contribution in [0.3, 0.4) is 0 Å². The van der Waals surface area contributed by atoms with Gasteiger partial charge in [-0.1, -0.05) is 12.1 Å². The van der Waals surface area contributed by atoms with Crippen LogP contribution in [0, 0.1) is 0 Å². The van der Waals surface area contributed by atoms with E-state index in [0.29, 0.717) is 13.0 Å². The Hall–Kier alpha value is -1.92. The zero-order chi connectivity index (χ0) is 14.7. The molecule has 0 aliphatic rings. The van der Waals surface area contributed by atoms with E-state index >= 15 is 0 Å². The number of nitrogens with one attached hydrogen (secondary N) is 1. The first kappa shape index (κ1) is 14.0. The molecule has 3 aromatic rings.